The number of anilines is 3. The van der Waals surface area contributed by atoms with Crippen LogP contribution in [-0.4, -0.2) is 0 Å². The molecule has 0 saturated carbocycles. The van der Waals surface area contributed by atoms with Gasteiger partial charge in [-0.25, -0.2) is 0 Å². The molecule has 0 aliphatic heterocycles. The molecule has 318 valence electrons. The number of nitrogens with zero attached hydrogens (tertiary/aromatic N) is 1. The lowest BCUT2D eigenvalue weighted by Crippen LogP contribution is -2.19. The molecule has 2 aromatic heterocycles. The molecule has 3 heteroatoms. The molecule has 11 aromatic rings. The van der Waals surface area contributed by atoms with Crippen LogP contribution in [-0.2, 0) is 10.8 Å². The van der Waals surface area contributed by atoms with Crippen LogP contribution in [0.3, 0.4) is 0 Å². The largest absolute Gasteiger partial charge is 0.455 e. The summed E-state index contributed by atoms with van der Waals surface area (Å²) >= 11 is 0. The predicted octanol–water partition coefficient (Wildman–Crippen LogP) is 17.8. The number of hydrogen-bond donors (Lipinski definition) is 0. The van der Waals surface area contributed by atoms with Crippen LogP contribution in [0.2, 0.25) is 0 Å². The van der Waals surface area contributed by atoms with Crippen molar-refractivity contribution in [1.29, 1.82) is 0 Å². The lowest BCUT2D eigenvalue weighted by molar-refractivity contribution is 0.657. The van der Waals surface area contributed by atoms with Crippen LogP contribution in [0.15, 0.2) is 179 Å². The highest BCUT2D eigenvalue weighted by Crippen LogP contribution is 2.59. The fourth-order valence-electron chi connectivity index (χ4n) is 12.0. The SMILES string of the molecule is Cc1cc(C)c(N(c2ccc3c(c2)C(C)(C)c2cc(-c4ccccc4)c4oc5ccccc5c4c2-3)c2ccc3c(c2)C(C)(C)c2cc(-c4ccccc4)c4oc5ccccc5c4c2-3)c(C)c1. The van der Waals surface area contributed by atoms with Crippen molar-refractivity contribution in [3.63, 3.8) is 0 Å². The smallest absolute Gasteiger partial charge is 0.143 e. The summed E-state index contributed by atoms with van der Waals surface area (Å²) in [5.41, 5.74) is 25.3. The van der Waals surface area contributed by atoms with Crippen molar-refractivity contribution in [2.75, 3.05) is 4.90 Å². The predicted molar refractivity (Wildman–Crippen MR) is 276 cm³/mol. The van der Waals surface area contributed by atoms with Gasteiger partial charge < -0.3 is 13.7 Å². The van der Waals surface area contributed by atoms with Crippen LogP contribution < -0.4 is 4.90 Å². The number of aryl methyl sites for hydroxylation is 3. The summed E-state index contributed by atoms with van der Waals surface area (Å²) in [5.74, 6) is 0. The Hall–Kier alpha value is -7.62. The van der Waals surface area contributed by atoms with E-state index in [1.807, 2.05) is 0 Å². The zero-order chi connectivity index (χ0) is 44.8. The molecule has 0 N–H and O–H groups in total. The second-order valence-corrected chi connectivity index (χ2v) is 19.8. The molecule has 0 atom stereocenters. The first kappa shape index (κ1) is 38.8. The Kier molecular flexibility index (Phi) is 8.06. The molecule has 66 heavy (non-hydrogen) atoms. The highest BCUT2D eigenvalue weighted by atomic mass is 16.3. The van der Waals surface area contributed by atoms with Crippen LogP contribution in [0.5, 0.6) is 0 Å². The summed E-state index contributed by atoms with van der Waals surface area (Å²) in [6.07, 6.45) is 0. The molecule has 9 aromatic carbocycles. The van der Waals surface area contributed by atoms with Gasteiger partial charge in [-0.3, -0.25) is 0 Å². The van der Waals surface area contributed by atoms with Crippen molar-refractivity contribution in [1.82, 2.24) is 0 Å². The van der Waals surface area contributed by atoms with Gasteiger partial charge in [-0.2, -0.15) is 0 Å². The van der Waals surface area contributed by atoms with E-state index >= 15 is 0 Å². The van der Waals surface area contributed by atoms with Crippen molar-refractivity contribution in [3.8, 4) is 44.5 Å². The maximum atomic E-state index is 6.79. The molecule has 2 heterocycles. The van der Waals surface area contributed by atoms with Gasteiger partial charge in [-0.05, 0) is 136 Å². The van der Waals surface area contributed by atoms with Crippen molar-refractivity contribution < 1.29 is 8.83 Å². The van der Waals surface area contributed by atoms with E-state index in [4.69, 9.17) is 8.83 Å². The number of fused-ring (bicyclic) bond motifs is 14. The summed E-state index contributed by atoms with van der Waals surface area (Å²) in [5, 5.41) is 4.69. The average molecular weight is 852 g/mol. The minimum absolute atomic E-state index is 0.295. The maximum Gasteiger partial charge on any atom is 0.143 e. The van der Waals surface area contributed by atoms with Gasteiger partial charge >= 0.3 is 0 Å². The van der Waals surface area contributed by atoms with Crippen molar-refractivity contribution >= 4 is 60.9 Å². The summed E-state index contributed by atoms with van der Waals surface area (Å²) < 4.78 is 13.6. The molecule has 0 saturated heterocycles. The molecule has 0 fully saturated rings. The van der Waals surface area contributed by atoms with Gasteiger partial charge in [0.2, 0.25) is 0 Å². The molecule has 2 aliphatic carbocycles. The zero-order valence-electron chi connectivity index (χ0n) is 38.4. The highest BCUT2D eigenvalue weighted by molar-refractivity contribution is 6.20. The Morgan fingerprint density at radius 1 is 0.394 bits per heavy atom. The lowest BCUT2D eigenvalue weighted by Gasteiger charge is -2.32. The third-order valence-electron chi connectivity index (χ3n) is 15.1. The van der Waals surface area contributed by atoms with Crippen LogP contribution in [0.25, 0.3) is 88.4 Å². The molecule has 2 aliphatic rings. The third kappa shape index (κ3) is 5.31. The first-order valence-corrected chi connectivity index (χ1v) is 23.2. The van der Waals surface area contributed by atoms with Gasteiger partial charge in [-0.1, -0.05) is 155 Å². The van der Waals surface area contributed by atoms with Crippen molar-refractivity contribution in [2.45, 2.75) is 59.3 Å². The second-order valence-electron chi connectivity index (χ2n) is 19.8. The first-order chi connectivity index (χ1) is 32.0. The van der Waals surface area contributed by atoms with E-state index < -0.39 is 0 Å². The standard InChI is InChI=1S/C63H49NO2/c1-36-30-37(2)59(38(3)31-36)64(41-26-28-43-49(32-41)62(4,5)51-34-47(39-18-10-8-11-19-39)60-57(55(43)51)45-22-14-16-24-53(45)65-60)42-27-29-44-50(33-42)63(6,7)52-35-48(40-20-12-9-13-21-40)61-58(56(44)52)46-23-15-17-25-54(46)66-61/h8-35H,1-7H3. The summed E-state index contributed by atoms with van der Waals surface area (Å²) in [6, 6.07) is 62.4. The van der Waals surface area contributed by atoms with E-state index in [0.29, 0.717) is 0 Å². The Morgan fingerprint density at radius 3 is 1.24 bits per heavy atom. The monoisotopic (exact) mass is 851 g/mol. The van der Waals surface area contributed by atoms with Gasteiger partial charge in [0.05, 0.1) is 5.69 Å². The molecule has 0 bridgehead atoms. The second kappa shape index (κ2) is 13.7. The molecule has 3 nitrogen and oxygen atoms in total. The number of benzene rings is 9. The van der Waals surface area contributed by atoms with Gasteiger partial charge in [0.15, 0.2) is 0 Å². The number of rotatable bonds is 5. The van der Waals surface area contributed by atoms with E-state index in [0.717, 1.165) is 66.7 Å². The Morgan fingerprint density at radius 2 is 0.803 bits per heavy atom. The minimum atomic E-state index is -0.295. The van der Waals surface area contributed by atoms with Crippen molar-refractivity contribution in [2.24, 2.45) is 0 Å². The minimum Gasteiger partial charge on any atom is -0.455 e. The molecular weight excluding hydrogens is 803 g/mol. The number of furan rings is 2. The quantitative estimate of drug-likeness (QED) is 0.173. The first-order valence-electron chi connectivity index (χ1n) is 23.2. The number of para-hydroxylation sites is 2. The summed E-state index contributed by atoms with van der Waals surface area (Å²) in [7, 11) is 0. The molecule has 0 spiro atoms. The molecule has 0 radical (unpaired) electrons. The summed E-state index contributed by atoms with van der Waals surface area (Å²) in [4.78, 5) is 2.53. The van der Waals surface area contributed by atoms with Crippen LogP contribution in [0, 0.1) is 20.8 Å². The topological polar surface area (TPSA) is 29.5 Å². The van der Waals surface area contributed by atoms with Crippen molar-refractivity contribution in [3.05, 3.63) is 209 Å². The molecule has 13 rings (SSSR count). The lowest BCUT2D eigenvalue weighted by atomic mass is 9.80. The van der Waals surface area contributed by atoms with E-state index in [9.17, 15) is 0 Å². The van der Waals surface area contributed by atoms with Gasteiger partial charge in [0.25, 0.3) is 0 Å². The van der Waals surface area contributed by atoms with Crippen LogP contribution >= 0.6 is 0 Å². The zero-order valence-corrected chi connectivity index (χ0v) is 38.4. The van der Waals surface area contributed by atoms with E-state index in [-0.39, 0.29) is 10.8 Å². The van der Waals surface area contributed by atoms with E-state index in [1.165, 1.54) is 77.7 Å². The van der Waals surface area contributed by atoms with Gasteiger partial charge in [-0.15, -0.1) is 0 Å². The Labute approximate surface area is 385 Å². The van der Waals surface area contributed by atoms with Gasteiger partial charge in [0.1, 0.15) is 22.3 Å². The highest BCUT2D eigenvalue weighted by Gasteiger charge is 2.41. The average Bonchev–Trinajstić information content (AvgIpc) is 4.03. The van der Waals surface area contributed by atoms with E-state index in [2.05, 4.69) is 223 Å². The number of hydrogen-bond acceptors (Lipinski definition) is 3. The van der Waals surface area contributed by atoms with Crippen LogP contribution in [0.1, 0.15) is 66.6 Å². The molecular formula is C63H49NO2. The van der Waals surface area contributed by atoms with Gasteiger partial charge in [0, 0.05) is 54.9 Å². The molecule has 0 amide bonds. The maximum absolute atomic E-state index is 6.79. The Balaban J connectivity index is 1.03. The Bertz CT molecular complexity index is 3600. The molecule has 0 unspecified atom stereocenters. The normalized spacial score (nSPS) is 14.2. The fraction of sp³-hybridized carbons (Fsp3) is 0.143. The third-order valence-corrected chi connectivity index (χ3v) is 15.1. The van der Waals surface area contributed by atoms with E-state index in [1.54, 1.807) is 0 Å². The summed E-state index contributed by atoms with van der Waals surface area (Å²) in [6.45, 7) is 16.3. The fourth-order valence-corrected chi connectivity index (χ4v) is 12.0. The van der Waals surface area contributed by atoms with Crippen LogP contribution in [0.4, 0.5) is 17.1 Å².